The Balaban J connectivity index is 0.000000791. The minimum Gasteiger partial charge on any atom is -0.305 e. The smallest absolute Gasteiger partial charge is 0.113 e. The molecule has 0 aliphatic heterocycles. The summed E-state index contributed by atoms with van der Waals surface area (Å²) in [6, 6.07) is 5.32. The summed E-state index contributed by atoms with van der Waals surface area (Å²) in [4.78, 5) is 0. The van der Waals surface area contributed by atoms with Crippen LogP contribution in [0.1, 0.15) is 13.8 Å². The van der Waals surface area contributed by atoms with Crippen LogP contribution in [0.25, 0.3) is 0 Å². The lowest BCUT2D eigenvalue weighted by Gasteiger charge is -2.02. The third-order valence-electron chi connectivity index (χ3n) is 1.18. The summed E-state index contributed by atoms with van der Waals surface area (Å²) in [7, 11) is -1.06. The Morgan fingerprint density at radius 3 is 2.43 bits per heavy atom. The first-order valence-electron chi connectivity index (χ1n) is 4.15. The van der Waals surface area contributed by atoms with E-state index in [1.807, 2.05) is 13.8 Å². The van der Waals surface area contributed by atoms with Crippen LogP contribution >= 0.6 is 27.5 Å². The lowest BCUT2D eigenvalue weighted by molar-refractivity contribution is 0.690. The molecule has 1 atom stereocenters. The Kier molecular flexibility index (Phi) is 7.23. The normalized spacial score (nSPS) is 11.2. The predicted molar refractivity (Wildman–Crippen MR) is 68.2 cm³/mol. The zero-order valence-electron chi connectivity index (χ0n) is 8.30. The van der Waals surface area contributed by atoms with Gasteiger partial charge in [0.05, 0.1) is 5.02 Å². The van der Waals surface area contributed by atoms with Gasteiger partial charge in [0.2, 0.25) is 0 Å². The van der Waals surface area contributed by atoms with E-state index in [-0.39, 0.29) is 0 Å². The zero-order chi connectivity index (χ0) is 11.1. The molecule has 1 N–H and O–H groups in total. The van der Waals surface area contributed by atoms with E-state index in [2.05, 4.69) is 20.7 Å². The van der Waals surface area contributed by atoms with Crippen LogP contribution in [0.2, 0.25) is 5.02 Å². The summed E-state index contributed by atoms with van der Waals surface area (Å²) >= 11 is 9.07. The molecule has 0 fully saturated rings. The maximum absolute atomic E-state index is 10.8. The summed E-state index contributed by atoms with van der Waals surface area (Å²) in [6.45, 7) is 4.00. The highest BCUT2D eigenvalue weighted by Gasteiger charge is 1.98. The molecular weight excluding hydrogens is 286 g/mol. The second-order valence-corrected chi connectivity index (χ2v) is 4.56. The molecule has 1 aromatic carbocycles. The molecule has 1 unspecified atom stereocenters. The molecule has 0 heterocycles. The molecule has 0 aromatic heterocycles. The molecule has 0 aliphatic carbocycles. The van der Waals surface area contributed by atoms with E-state index in [1.165, 1.54) is 0 Å². The Bertz CT molecular complexity index is 320. The molecule has 1 rings (SSSR count). The van der Waals surface area contributed by atoms with Gasteiger partial charge in [-0.1, -0.05) is 25.4 Å². The van der Waals surface area contributed by atoms with Gasteiger partial charge in [0, 0.05) is 16.4 Å². The van der Waals surface area contributed by atoms with E-state index in [0.29, 0.717) is 5.02 Å². The van der Waals surface area contributed by atoms with Crippen molar-refractivity contribution < 1.29 is 4.21 Å². The second kappa shape index (κ2) is 7.26. The van der Waals surface area contributed by atoms with Gasteiger partial charge < -0.3 is 4.72 Å². The first-order chi connectivity index (χ1) is 6.59. The van der Waals surface area contributed by atoms with Gasteiger partial charge in [0.25, 0.3) is 0 Å². The van der Waals surface area contributed by atoms with Crippen molar-refractivity contribution >= 4 is 44.2 Å². The number of nitrogens with one attached hydrogen (secondary N) is 1. The van der Waals surface area contributed by atoms with Crippen molar-refractivity contribution in [3.05, 3.63) is 27.7 Å². The lowest BCUT2D eigenvalue weighted by Crippen LogP contribution is -2.00. The van der Waals surface area contributed by atoms with Crippen LogP contribution < -0.4 is 4.72 Å². The third kappa shape index (κ3) is 4.98. The van der Waals surface area contributed by atoms with Gasteiger partial charge in [-0.15, -0.1) is 0 Å². The van der Waals surface area contributed by atoms with Crippen LogP contribution in [-0.2, 0) is 11.0 Å². The quantitative estimate of drug-likeness (QED) is 0.883. The van der Waals surface area contributed by atoms with E-state index >= 15 is 0 Å². The van der Waals surface area contributed by atoms with E-state index in [4.69, 9.17) is 11.6 Å². The maximum atomic E-state index is 10.8. The summed E-state index contributed by atoms with van der Waals surface area (Å²) in [6.07, 6.45) is 1.57. The summed E-state index contributed by atoms with van der Waals surface area (Å²) in [5.41, 5.74) is 0.754. The predicted octanol–water partition coefficient (Wildman–Crippen LogP) is 3.83. The molecule has 0 bridgehead atoms. The molecule has 2 nitrogen and oxygen atoms in total. The number of hydrogen-bond donors (Lipinski definition) is 1. The molecule has 1 aromatic rings. The van der Waals surface area contributed by atoms with Crippen molar-refractivity contribution in [1.82, 2.24) is 0 Å². The number of hydrogen-bond acceptors (Lipinski definition) is 1. The fraction of sp³-hybridized carbons (Fsp3) is 0.333. The van der Waals surface area contributed by atoms with Gasteiger partial charge in [0.1, 0.15) is 11.0 Å². The highest BCUT2D eigenvalue weighted by Crippen LogP contribution is 2.25. The molecule has 5 heteroatoms. The van der Waals surface area contributed by atoms with Gasteiger partial charge in [-0.2, -0.15) is 0 Å². The molecule has 0 aliphatic rings. The summed E-state index contributed by atoms with van der Waals surface area (Å²) in [5, 5.41) is 0.602. The standard InChI is InChI=1S/C7H7BrClNOS.C2H6/c1-12(11)10-5-2-3-6(8)7(9)4-5;1-2/h2-4,10H,1H3;1-2H3. The van der Waals surface area contributed by atoms with Crippen LogP contribution in [0, 0.1) is 0 Å². The second-order valence-electron chi connectivity index (χ2n) is 2.19. The molecule has 0 saturated carbocycles. The van der Waals surface area contributed by atoms with Crippen molar-refractivity contribution in [3.8, 4) is 0 Å². The van der Waals surface area contributed by atoms with Gasteiger partial charge >= 0.3 is 0 Å². The SMILES string of the molecule is CC.CS(=O)Nc1ccc(Br)c(Cl)c1. The van der Waals surface area contributed by atoms with Gasteiger partial charge in [0.15, 0.2) is 0 Å². The third-order valence-corrected chi connectivity index (χ3v) is 2.94. The van der Waals surface area contributed by atoms with E-state index in [0.717, 1.165) is 10.2 Å². The van der Waals surface area contributed by atoms with Crippen LogP contribution in [0.15, 0.2) is 22.7 Å². The average molecular weight is 299 g/mol. The largest absolute Gasteiger partial charge is 0.305 e. The van der Waals surface area contributed by atoms with Crippen LogP contribution in [0.4, 0.5) is 5.69 Å². The number of anilines is 1. The average Bonchev–Trinajstić information content (AvgIpc) is 2.14. The summed E-state index contributed by atoms with van der Waals surface area (Å²) < 4.78 is 14.3. The van der Waals surface area contributed by atoms with Crippen LogP contribution in [0.5, 0.6) is 0 Å². The highest BCUT2D eigenvalue weighted by atomic mass is 79.9. The number of benzene rings is 1. The monoisotopic (exact) mass is 297 g/mol. The van der Waals surface area contributed by atoms with Crippen molar-refractivity contribution in [2.75, 3.05) is 11.0 Å². The lowest BCUT2D eigenvalue weighted by atomic mass is 10.3. The molecule has 0 spiro atoms. The minimum atomic E-state index is -1.06. The van der Waals surface area contributed by atoms with E-state index in [1.54, 1.807) is 24.5 Å². The van der Waals surface area contributed by atoms with Crippen molar-refractivity contribution in [2.24, 2.45) is 0 Å². The Morgan fingerprint density at radius 1 is 1.43 bits per heavy atom. The van der Waals surface area contributed by atoms with E-state index < -0.39 is 11.0 Å². The fourth-order valence-corrected chi connectivity index (χ4v) is 1.61. The van der Waals surface area contributed by atoms with Crippen LogP contribution in [-0.4, -0.2) is 10.5 Å². The first kappa shape index (κ1) is 13.9. The Morgan fingerprint density at radius 2 is 2.00 bits per heavy atom. The summed E-state index contributed by atoms with van der Waals surface area (Å²) in [5.74, 6) is 0. The van der Waals surface area contributed by atoms with Crippen molar-refractivity contribution in [3.63, 3.8) is 0 Å². The maximum Gasteiger partial charge on any atom is 0.113 e. The molecule has 0 radical (unpaired) electrons. The molecule has 14 heavy (non-hydrogen) atoms. The molecule has 80 valence electrons. The van der Waals surface area contributed by atoms with Gasteiger partial charge in [-0.25, -0.2) is 4.21 Å². The van der Waals surface area contributed by atoms with Gasteiger partial charge in [-0.3, -0.25) is 0 Å². The number of rotatable bonds is 2. The Labute approximate surface area is 101 Å². The Hall–Kier alpha value is -0.0600. The topological polar surface area (TPSA) is 29.1 Å². The molecular formula is C9H13BrClNOS. The molecule has 0 amide bonds. The first-order valence-corrected chi connectivity index (χ1v) is 6.87. The highest BCUT2D eigenvalue weighted by molar-refractivity contribution is 9.10. The van der Waals surface area contributed by atoms with Crippen molar-refractivity contribution in [1.29, 1.82) is 0 Å². The molecule has 0 saturated heterocycles. The number of halogens is 2. The van der Waals surface area contributed by atoms with E-state index in [9.17, 15) is 4.21 Å². The minimum absolute atomic E-state index is 0.602. The van der Waals surface area contributed by atoms with Crippen LogP contribution in [0.3, 0.4) is 0 Å². The van der Waals surface area contributed by atoms with Crippen molar-refractivity contribution in [2.45, 2.75) is 13.8 Å². The fourth-order valence-electron chi connectivity index (χ4n) is 0.726. The van der Waals surface area contributed by atoms with Gasteiger partial charge in [-0.05, 0) is 34.1 Å². The zero-order valence-corrected chi connectivity index (χ0v) is 11.5.